The van der Waals surface area contributed by atoms with E-state index in [0.29, 0.717) is 38.9 Å². The topological polar surface area (TPSA) is 66.5 Å². The molecule has 1 saturated heterocycles. The number of aryl methyl sites for hydroxylation is 1. The van der Waals surface area contributed by atoms with Gasteiger partial charge in [0.05, 0.1) is 5.75 Å². The van der Waals surface area contributed by atoms with Crippen molar-refractivity contribution >= 4 is 15.9 Å². The van der Waals surface area contributed by atoms with E-state index in [9.17, 15) is 13.2 Å². The fourth-order valence-corrected chi connectivity index (χ4v) is 4.59. The molecule has 2 rings (SSSR count). The summed E-state index contributed by atoms with van der Waals surface area (Å²) in [5.74, 6) is 0.130. The number of nitrogens with zero attached hydrogens (tertiary/aromatic N) is 1. The van der Waals surface area contributed by atoms with Gasteiger partial charge >= 0.3 is 0 Å². The molecule has 1 amide bonds. The van der Waals surface area contributed by atoms with Gasteiger partial charge in [0, 0.05) is 26.1 Å². The third kappa shape index (κ3) is 6.24. The van der Waals surface area contributed by atoms with Crippen LogP contribution in [0.2, 0.25) is 0 Å². The molecule has 0 aromatic heterocycles. The lowest BCUT2D eigenvalue weighted by molar-refractivity contribution is -0.121. The number of carbonyl (C=O) groups is 1. The average molecular weight is 353 g/mol. The van der Waals surface area contributed by atoms with E-state index in [0.717, 1.165) is 24.8 Å². The molecule has 1 N–H and O–H groups in total. The Bertz CT molecular complexity index is 637. The van der Waals surface area contributed by atoms with Gasteiger partial charge in [-0.25, -0.2) is 12.7 Å². The van der Waals surface area contributed by atoms with Crippen molar-refractivity contribution in [1.29, 1.82) is 0 Å². The second-order valence-corrected chi connectivity index (χ2v) is 8.59. The highest BCUT2D eigenvalue weighted by atomic mass is 32.2. The van der Waals surface area contributed by atoms with E-state index < -0.39 is 10.0 Å². The fourth-order valence-electron chi connectivity index (χ4n) is 2.95. The Morgan fingerprint density at radius 2 is 1.92 bits per heavy atom. The minimum absolute atomic E-state index is 0.0214. The van der Waals surface area contributed by atoms with Crippen LogP contribution in [0.15, 0.2) is 24.3 Å². The van der Waals surface area contributed by atoms with Gasteiger partial charge in [0.25, 0.3) is 0 Å². The van der Waals surface area contributed by atoms with Crippen LogP contribution in [0.5, 0.6) is 0 Å². The zero-order valence-corrected chi connectivity index (χ0v) is 15.3. The van der Waals surface area contributed by atoms with Crippen molar-refractivity contribution < 1.29 is 13.2 Å². The first kappa shape index (κ1) is 18.9. The van der Waals surface area contributed by atoms with Crippen LogP contribution in [0.3, 0.4) is 0 Å². The Kier molecular flexibility index (Phi) is 7.24. The summed E-state index contributed by atoms with van der Waals surface area (Å²) < 4.78 is 26.0. The Labute approximate surface area is 145 Å². The van der Waals surface area contributed by atoms with E-state index in [1.54, 1.807) is 4.31 Å². The van der Waals surface area contributed by atoms with Gasteiger partial charge in [-0.15, -0.1) is 0 Å². The van der Waals surface area contributed by atoms with E-state index in [-0.39, 0.29) is 11.7 Å². The van der Waals surface area contributed by atoms with Crippen LogP contribution in [0.1, 0.15) is 49.7 Å². The zero-order valence-electron chi connectivity index (χ0n) is 14.5. The summed E-state index contributed by atoms with van der Waals surface area (Å²) in [5, 5.41) is 2.89. The Balaban J connectivity index is 1.63. The van der Waals surface area contributed by atoms with Gasteiger partial charge in [0.1, 0.15) is 0 Å². The van der Waals surface area contributed by atoms with Gasteiger partial charge < -0.3 is 5.32 Å². The van der Waals surface area contributed by atoms with E-state index >= 15 is 0 Å². The molecule has 0 spiro atoms. The highest BCUT2D eigenvalue weighted by molar-refractivity contribution is 7.89. The molecule has 0 aliphatic carbocycles. The number of nitrogens with one attached hydrogen (secondary N) is 1. The number of unbranched alkanes of at least 4 members (excludes halogenated alkanes) is 1. The van der Waals surface area contributed by atoms with E-state index in [1.165, 1.54) is 5.56 Å². The van der Waals surface area contributed by atoms with Gasteiger partial charge in [-0.1, -0.05) is 36.2 Å². The number of amides is 1. The van der Waals surface area contributed by atoms with Crippen molar-refractivity contribution in [1.82, 2.24) is 9.62 Å². The number of benzene rings is 1. The molecule has 1 aromatic rings. The number of hydrogen-bond donors (Lipinski definition) is 1. The van der Waals surface area contributed by atoms with E-state index in [4.69, 9.17) is 0 Å². The smallest absolute Gasteiger partial charge is 0.220 e. The molecule has 1 aliphatic rings. The van der Waals surface area contributed by atoms with Crippen molar-refractivity contribution in [3.63, 3.8) is 0 Å². The summed E-state index contributed by atoms with van der Waals surface area (Å²) in [6.07, 6.45) is 4.55. The summed E-state index contributed by atoms with van der Waals surface area (Å²) in [6.45, 7) is 3.85. The van der Waals surface area contributed by atoms with E-state index in [1.807, 2.05) is 31.2 Å². The molecule has 0 unspecified atom stereocenters. The zero-order chi connectivity index (χ0) is 17.4. The van der Waals surface area contributed by atoms with Crippen molar-refractivity contribution in [3.05, 3.63) is 35.4 Å². The van der Waals surface area contributed by atoms with Crippen LogP contribution in [0.25, 0.3) is 0 Å². The maximum atomic E-state index is 12.2. The molecule has 1 fully saturated rings. The van der Waals surface area contributed by atoms with Crippen LogP contribution >= 0.6 is 0 Å². The van der Waals surface area contributed by atoms with Crippen molar-refractivity contribution in [2.75, 3.05) is 18.8 Å². The Morgan fingerprint density at radius 3 is 2.62 bits per heavy atom. The first-order valence-corrected chi connectivity index (χ1v) is 10.4. The minimum atomic E-state index is -3.14. The lowest BCUT2D eigenvalue weighted by Crippen LogP contribution is -2.37. The summed E-state index contributed by atoms with van der Waals surface area (Å²) in [6, 6.07) is 8.03. The van der Waals surface area contributed by atoms with Gasteiger partial charge in [-0.3, -0.25) is 4.79 Å². The third-order valence-electron chi connectivity index (χ3n) is 4.34. The molecule has 1 heterocycles. The lowest BCUT2D eigenvalue weighted by atomic mass is 10.1. The highest BCUT2D eigenvalue weighted by Gasteiger charge is 2.23. The fraction of sp³-hybridized carbons (Fsp3) is 0.611. The molecule has 5 nitrogen and oxygen atoms in total. The molecule has 0 bridgehead atoms. The highest BCUT2D eigenvalue weighted by Crippen LogP contribution is 2.14. The number of rotatable bonds is 8. The Morgan fingerprint density at radius 1 is 1.17 bits per heavy atom. The maximum Gasteiger partial charge on any atom is 0.220 e. The summed E-state index contributed by atoms with van der Waals surface area (Å²) in [7, 11) is -3.14. The third-order valence-corrected chi connectivity index (χ3v) is 6.29. The molecule has 134 valence electrons. The summed E-state index contributed by atoms with van der Waals surface area (Å²) in [5.41, 5.74) is 2.25. The quantitative estimate of drug-likeness (QED) is 0.731. The standard InChI is InChI=1S/C18H28N2O3S/c1-16-8-7-9-17(14-16)15-19-18(21)10-3-6-13-24(22,23)20-11-4-2-5-12-20/h7-9,14H,2-6,10-13,15H2,1H3,(H,19,21). The second-order valence-electron chi connectivity index (χ2n) is 6.50. The van der Waals surface area contributed by atoms with Crippen LogP contribution in [0, 0.1) is 6.92 Å². The molecule has 6 heteroatoms. The van der Waals surface area contributed by atoms with Crippen LogP contribution in [-0.4, -0.2) is 37.5 Å². The molecule has 0 radical (unpaired) electrons. The monoisotopic (exact) mass is 352 g/mol. The van der Waals surface area contributed by atoms with Gasteiger partial charge in [-0.05, 0) is 38.2 Å². The van der Waals surface area contributed by atoms with Crippen molar-refractivity contribution in [2.45, 2.75) is 52.0 Å². The molecular weight excluding hydrogens is 324 g/mol. The van der Waals surface area contributed by atoms with Gasteiger partial charge in [-0.2, -0.15) is 0 Å². The van der Waals surface area contributed by atoms with Crippen LogP contribution in [0.4, 0.5) is 0 Å². The van der Waals surface area contributed by atoms with Crippen LogP contribution < -0.4 is 5.32 Å². The Hall–Kier alpha value is -1.40. The second kappa shape index (κ2) is 9.18. The number of hydrogen-bond acceptors (Lipinski definition) is 3. The van der Waals surface area contributed by atoms with Crippen molar-refractivity contribution in [3.8, 4) is 0 Å². The predicted molar refractivity (Wildman–Crippen MR) is 96.1 cm³/mol. The van der Waals surface area contributed by atoms with Crippen molar-refractivity contribution in [2.24, 2.45) is 0 Å². The number of carbonyl (C=O) groups excluding carboxylic acids is 1. The van der Waals surface area contributed by atoms with Gasteiger partial charge in [0.15, 0.2) is 0 Å². The van der Waals surface area contributed by atoms with Crippen LogP contribution in [-0.2, 0) is 21.4 Å². The maximum absolute atomic E-state index is 12.2. The number of piperidine rings is 1. The van der Waals surface area contributed by atoms with Gasteiger partial charge in [0.2, 0.25) is 15.9 Å². The first-order chi connectivity index (χ1) is 11.5. The number of sulfonamides is 1. The molecule has 1 aliphatic heterocycles. The normalized spacial score (nSPS) is 16.0. The minimum Gasteiger partial charge on any atom is -0.352 e. The molecule has 24 heavy (non-hydrogen) atoms. The predicted octanol–water partition coefficient (Wildman–Crippen LogP) is 2.60. The lowest BCUT2D eigenvalue weighted by Gasteiger charge is -2.25. The molecule has 0 saturated carbocycles. The average Bonchev–Trinajstić information content (AvgIpc) is 2.58. The van der Waals surface area contributed by atoms with E-state index in [2.05, 4.69) is 5.32 Å². The molecule has 1 aromatic carbocycles. The SMILES string of the molecule is Cc1cccc(CNC(=O)CCCCS(=O)(=O)N2CCCCC2)c1. The summed E-state index contributed by atoms with van der Waals surface area (Å²) in [4.78, 5) is 11.9. The molecule has 0 atom stereocenters. The largest absolute Gasteiger partial charge is 0.352 e. The summed E-state index contributed by atoms with van der Waals surface area (Å²) >= 11 is 0. The first-order valence-electron chi connectivity index (χ1n) is 8.77. The molecular formula is C18H28N2O3S.